The molecule has 2 rings (SSSR count). The van der Waals surface area contributed by atoms with Gasteiger partial charge in [-0.2, -0.15) is 12.6 Å². The maximum Gasteiger partial charge on any atom is 0.326 e. The first kappa shape index (κ1) is 14.7. The number of hydrogen-bond acceptors (Lipinski definition) is 5. The number of hydrogen-bond donors (Lipinski definition) is 2. The van der Waals surface area contributed by atoms with Crippen LogP contribution in [-0.4, -0.2) is 56.5 Å². The molecule has 19 heavy (non-hydrogen) atoms. The summed E-state index contributed by atoms with van der Waals surface area (Å²) < 4.78 is -0.685. The molecule has 2 unspecified atom stereocenters. The summed E-state index contributed by atoms with van der Waals surface area (Å²) in [6.07, 6.45) is 0.706. The summed E-state index contributed by atoms with van der Waals surface area (Å²) in [6, 6.07) is -0.885. The van der Waals surface area contributed by atoms with E-state index >= 15 is 0 Å². The van der Waals surface area contributed by atoms with Gasteiger partial charge in [-0.3, -0.25) is 9.59 Å². The fourth-order valence-corrected chi connectivity index (χ4v) is 4.24. The average Bonchev–Trinajstić information content (AvgIpc) is 2.93. The van der Waals surface area contributed by atoms with E-state index in [0.29, 0.717) is 12.2 Å². The molecule has 0 radical (unpaired) electrons. The number of amides is 1. The molecule has 5 nitrogen and oxygen atoms in total. The van der Waals surface area contributed by atoms with Crippen LogP contribution in [0, 0.1) is 5.92 Å². The van der Waals surface area contributed by atoms with Crippen molar-refractivity contribution >= 4 is 42.1 Å². The van der Waals surface area contributed by atoms with Crippen molar-refractivity contribution in [3.8, 4) is 0 Å². The van der Waals surface area contributed by atoms with Gasteiger partial charge in [-0.15, -0.1) is 11.8 Å². The molecule has 1 N–H and O–H groups in total. The van der Waals surface area contributed by atoms with Gasteiger partial charge < -0.3 is 10.0 Å². The number of likely N-dealkylation sites (tertiary alicyclic amines) is 1. The molecule has 3 atom stereocenters. The second-order valence-corrected chi connectivity index (χ2v) is 6.97. The van der Waals surface area contributed by atoms with Gasteiger partial charge in [0, 0.05) is 36.8 Å². The second-order valence-electron chi connectivity index (χ2n) is 5.12. The molecule has 0 bridgehead atoms. The third kappa shape index (κ3) is 2.50. The molecule has 0 aromatic rings. The van der Waals surface area contributed by atoms with Crippen LogP contribution in [-0.2, 0) is 14.4 Å². The van der Waals surface area contributed by atoms with Crippen molar-refractivity contribution in [3.63, 3.8) is 0 Å². The van der Waals surface area contributed by atoms with Crippen LogP contribution in [0.25, 0.3) is 0 Å². The minimum Gasteiger partial charge on any atom is -0.480 e. The van der Waals surface area contributed by atoms with E-state index in [9.17, 15) is 19.5 Å². The molecular formula is C12H17NO4S2. The molecule has 1 spiro atoms. The number of Topliss-reactive ketones (excluding diaryl/α,β-unsaturated/α-hetero) is 1. The van der Waals surface area contributed by atoms with Crippen LogP contribution in [0.15, 0.2) is 0 Å². The molecule has 2 aliphatic rings. The van der Waals surface area contributed by atoms with Crippen LogP contribution in [0.3, 0.4) is 0 Å². The van der Waals surface area contributed by atoms with E-state index in [-0.39, 0.29) is 30.6 Å². The lowest BCUT2D eigenvalue weighted by molar-refractivity contribution is -0.149. The van der Waals surface area contributed by atoms with Crippen molar-refractivity contribution in [2.75, 3.05) is 18.1 Å². The lowest BCUT2D eigenvalue weighted by Crippen LogP contribution is -2.44. The number of carbonyl (C=O) groups is 3. The third-order valence-corrected chi connectivity index (χ3v) is 5.84. The minimum absolute atomic E-state index is 0.0811. The number of carboxylic acid groups (broad SMARTS) is 1. The molecule has 2 aliphatic heterocycles. The summed E-state index contributed by atoms with van der Waals surface area (Å²) in [5, 5.41) is 9.28. The third-order valence-electron chi connectivity index (χ3n) is 3.80. The molecule has 2 heterocycles. The van der Waals surface area contributed by atoms with E-state index in [4.69, 9.17) is 0 Å². The zero-order valence-corrected chi connectivity index (χ0v) is 12.4. The van der Waals surface area contributed by atoms with E-state index in [2.05, 4.69) is 12.6 Å². The van der Waals surface area contributed by atoms with Gasteiger partial charge >= 0.3 is 5.97 Å². The lowest BCUT2D eigenvalue weighted by atomic mass is 9.98. The largest absolute Gasteiger partial charge is 0.480 e. The summed E-state index contributed by atoms with van der Waals surface area (Å²) >= 11 is 5.58. The molecule has 0 aromatic carbocycles. The Balaban J connectivity index is 2.24. The first-order chi connectivity index (χ1) is 8.91. The normalized spacial score (nSPS) is 32.0. The van der Waals surface area contributed by atoms with Crippen molar-refractivity contribution in [1.82, 2.24) is 4.90 Å². The molecule has 106 valence electrons. The van der Waals surface area contributed by atoms with Crippen molar-refractivity contribution in [3.05, 3.63) is 0 Å². The second kappa shape index (κ2) is 5.36. The Labute approximate surface area is 121 Å². The molecule has 2 fully saturated rings. The standard InChI is InChI=1S/C12H17NO4S2/c1-7(5-18)10(15)13-6-12(4-8(13)11(16)17)9(14)2-3-19-12/h7-8,18H,2-6H2,1H3,(H,16,17)/t7?,8-,12?/m0/s1. The highest BCUT2D eigenvalue weighted by atomic mass is 32.2. The smallest absolute Gasteiger partial charge is 0.326 e. The van der Waals surface area contributed by atoms with Crippen LogP contribution < -0.4 is 0 Å². The molecule has 0 saturated carbocycles. The monoisotopic (exact) mass is 303 g/mol. The highest BCUT2D eigenvalue weighted by molar-refractivity contribution is 8.02. The van der Waals surface area contributed by atoms with E-state index < -0.39 is 16.8 Å². The highest BCUT2D eigenvalue weighted by Crippen LogP contribution is 2.45. The fraction of sp³-hybridized carbons (Fsp3) is 0.750. The van der Waals surface area contributed by atoms with Crippen molar-refractivity contribution in [1.29, 1.82) is 0 Å². The van der Waals surface area contributed by atoms with Crippen LogP contribution in [0.5, 0.6) is 0 Å². The number of thioether (sulfide) groups is 1. The predicted molar refractivity (Wildman–Crippen MR) is 75.6 cm³/mol. The Hall–Kier alpha value is -0.690. The van der Waals surface area contributed by atoms with Gasteiger partial charge in [0.05, 0.1) is 4.75 Å². The topological polar surface area (TPSA) is 74.7 Å². The highest BCUT2D eigenvalue weighted by Gasteiger charge is 2.55. The SMILES string of the molecule is CC(CS)C(=O)N1CC2(C[C@H]1C(=O)O)SCCC2=O. The lowest BCUT2D eigenvalue weighted by Gasteiger charge is -2.25. The van der Waals surface area contributed by atoms with Crippen molar-refractivity contribution in [2.24, 2.45) is 5.92 Å². The van der Waals surface area contributed by atoms with Crippen LogP contribution in [0.4, 0.5) is 0 Å². The Kier molecular flexibility index (Phi) is 4.15. The number of rotatable bonds is 3. The molecule has 7 heteroatoms. The zero-order valence-electron chi connectivity index (χ0n) is 10.7. The molecular weight excluding hydrogens is 286 g/mol. The Morgan fingerprint density at radius 3 is 2.79 bits per heavy atom. The van der Waals surface area contributed by atoms with E-state index in [1.165, 1.54) is 16.7 Å². The van der Waals surface area contributed by atoms with Crippen LogP contribution in [0.1, 0.15) is 19.8 Å². The van der Waals surface area contributed by atoms with Gasteiger partial charge in [0.2, 0.25) is 5.91 Å². The number of carboxylic acids is 1. The average molecular weight is 303 g/mol. The summed E-state index contributed by atoms with van der Waals surface area (Å²) in [6.45, 7) is 1.95. The van der Waals surface area contributed by atoms with E-state index in [0.717, 1.165) is 5.75 Å². The number of ketones is 1. The summed E-state index contributed by atoms with van der Waals surface area (Å²) in [7, 11) is 0. The van der Waals surface area contributed by atoms with Gasteiger partial charge in [-0.1, -0.05) is 6.92 Å². The molecule has 0 aliphatic carbocycles. The van der Waals surface area contributed by atoms with Crippen molar-refractivity contribution in [2.45, 2.75) is 30.6 Å². The van der Waals surface area contributed by atoms with Gasteiger partial charge in [0.15, 0.2) is 5.78 Å². The van der Waals surface area contributed by atoms with Gasteiger partial charge in [-0.05, 0) is 0 Å². The molecule has 0 aromatic heterocycles. The maximum absolute atomic E-state index is 12.2. The zero-order chi connectivity index (χ0) is 14.2. The summed E-state index contributed by atoms with van der Waals surface area (Å²) in [4.78, 5) is 36.9. The van der Waals surface area contributed by atoms with Crippen molar-refractivity contribution < 1.29 is 19.5 Å². The number of aliphatic carboxylic acids is 1. The summed E-state index contributed by atoms with van der Waals surface area (Å²) in [5.41, 5.74) is 0. The summed E-state index contributed by atoms with van der Waals surface area (Å²) in [5.74, 6) is -0.415. The first-order valence-electron chi connectivity index (χ1n) is 6.22. The number of nitrogens with zero attached hydrogens (tertiary/aromatic N) is 1. The van der Waals surface area contributed by atoms with E-state index in [1.54, 1.807) is 6.92 Å². The quantitative estimate of drug-likeness (QED) is 0.750. The predicted octanol–water partition coefficient (Wildman–Crippen LogP) is 0.683. The van der Waals surface area contributed by atoms with Crippen LogP contribution in [0.2, 0.25) is 0 Å². The minimum atomic E-state index is -1.03. The molecule has 2 saturated heterocycles. The number of carbonyl (C=O) groups excluding carboxylic acids is 2. The fourth-order valence-electron chi connectivity index (χ4n) is 2.64. The van der Waals surface area contributed by atoms with Gasteiger partial charge in [-0.25, -0.2) is 4.79 Å². The van der Waals surface area contributed by atoms with Gasteiger partial charge in [0.25, 0.3) is 0 Å². The first-order valence-corrected chi connectivity index (χ1v) is 7.84. The van der Waals surface area contributed by atoms with Crippen LogP contribution >= 0.6 is 24.4 Å². The number of thiol groups is 1. The maximum atomic E-state index is 12.2. The Bertz CT molecular complexity index is 428. The Morgan fingerprint density at radius 1 is 1.63 bits per heavy atom. The Morgan fingerprint density at radius 2 is 2.32 bits per heavy atom. The van der Waals surface area contributed by atoms with E-state index in [1.807, 2.05) is 0 Å². The van der Waals surface area contributed by atoms with Gasteiger partial charge in [0.1, 0.15) is 6.04 Å². The molecule has 1 amide bonds.